The lowest BCUT2D eigenvalue weighted by Gasteiger charge is -2.37. The van der Waals surface area contributed by atoms with Gasteiger partial charge in [-0.2, -0.15) is 0 Å². The second kappa shape index (κ2) is 10.6. The molecule has 1 N–H and O–H groups in total. The molecule has 2 saturated heterocycles. The Kier molecular flexibility index (Phi) is 7.86. The third kappa shape index (κ3) is 5.79. The molecule has 1 aromatic carbocycles. The van der Waals surface area contributed by atoms with Crippen LogP contribution in [-0.4, -0.2) is 67.6 Å². The Morgan fingerprint density at radius 2 is 1.93 bits per heavy atom. The van der Waals surface area contributed by atoms with Crippen molar-refractivity contribution >= 4 is 11.8 Å². The summed E-state index contributed by atoms with van der Waals surface area (Å²) in [5.41, 5.74) is 1.17. The number of methoxy groups -OCH3 is 1. The van der Waals surface area contributed by atoms with Crippen molar-refractivity contribution in [1.29, 1.82) is 0 Å². The summed E-state index contributed by atoms with van der Waals surface area (Å²) in [5, 5.41) is 2.93. The van der Waals surface area contributed by atoms with Crippen molar-refractivity contribution in [3.05, 3.63) is 35.9 Å². The number of benzene rings is 1. The van der Waals surface area contributed by atoms with Crippen molar-refractivity contribution in [2.75, 3.05) is 39.9 Å². The van der Waals surface area contributed by atoms with E-state index >= 15 is 0 Å². The molecule has 0 aromatic heterocycles. The van der Waals surface area contributed by atoms with Gasteiger partial charge in [-0.1, -0.05) is 30.3 Å². The van der Waals surface area contributed by atoms with Crippen molar-refractivity contribution in [2.45, 2.75) is 44.7 Å². The zero-order valence-electron chi connectivity index (χ0n) is 16.9. The third-order valence-corrected chi connectivity index (χ3v) is 5.97. The van der Waals surface area contributed by atoms with Crippen LogP contribution in [0.15, 0.2) is 30.3 Å². The molecule has 3 rings (SSSR count). The zero-order chi connectivity index (χ0) is 19.8. The minimum Gasteiger partial charge on any atom is -0.385 e. The number of rotatable bonds is 8. The summed E-state index contributed by atoms with van der Waals surface area (Å²) in [6.07, 6.45) is 4.64. The number of nitrogens with one attached hydrogen (secondary N) is 1. The molecule has 2 aliphatic heterocycles. The minimum atomic E-state index is -0.374. The predicted molar refractivity (Wildman–Crippen MR) is 109 cm³/mol. The van der Waals surface area contributed by atoms with Crippen LogP contribution < -0.4 is 5.32 Å². The number of amides is 2. The Bertz CT molecular complexity index is 629. The monoisotopic (exact) mass is 387 g/mol. The molecule has 0 spiro atoms. The van der Waals surface area contributed by atoms with E-state index in [1.165, 1.54) is 12.0 Å². The Morgan fingerprint density at radius 1 is 1.18 bits per heavy atom. The largest absolute Gasteiger partial charge is 0.385 e. The van der Waals surface area contributed by atoms with Gasteiger partial charge in [0.1, 0.15) is 0 Å². The summed E-state index contributed by atoms with van der Waals surface area (Å²) in [6.45, 7) is 4.55. The van der Waals surface area contributed by atoms with Gasteiger partial charge in [-0.05, 0) is 37.2 Å². The average molecular weight is 388 g/mol. The number of piperazine rings is 1. The van der Waals surface area contributed by atoms with Crippen LogP contribution in [0.1, 0.15) is 37.7 Å². The highest BCUT2D eigenvalue weighted by Gasteiger charge is 2.33. The lowest BCUT2D eigenvalue weighted by molar-refractivity contribution is -0.140. The molecule has 2 aliphatic rings. The van der Waals surface area contributed by atoms with Crippen molar-refractivity contribution < 1.29 is 14.3 Å². The molecule has 0 bridgehead atoms. The van der Waals surface area contributed by atoms with E-state index in [1.807, 2.05) is 23.1 Å². The van der Waals surface area contributed by atoms with Crippen LogP contribution in [0.4, 0.5) is 0 Å². The molecule has 0 aliphatic carbocycles. The van der Waals surface area contributed by atoms with Gasteiger partial charge in [0, 0.05) is 46.4 Å². The summed E-state index contributed by atoms with van der Waals surface area (Å²) in [4.78, 5) is 29.4. The molecule has 0 radical (unpaired) electrons. The number of carbonyl (C=O) groups excluding carboxylic acids is 2. The van der Waals surface area contributed by atoms with E-state index in [9.17, 15) is 9.59 Å². The first-order valence-corrected chi connectivity index (χ1v) is 10.5. The van der Waals surface area contributed by atoms with Crippen LogP contribution in [0, 0.1) is 5.92 Å². The van der Waals surface area contributed by atoms with Crippen LogP contribution in [0.3, 0.4) is 0 Å². The molecule has 2 heterocycles. The highest BCUT2D eigenvalue weighted by molar-refractivity contribution is 5.88. The van der Waals surface area contributed by atoms with Gasteiger partial charge < -0.3 is 15.0 Å². The van der Waals surface area contributed by atoms with E-state index in [-0.39, 0.29) is 24.3 Å². The van der Waals surface area contributed by atoms with Crippen molar-refractivity contribution in [3.8, 4) is 0 Å². The summed E-state index contributed by atoms with van der Waals surface area (Å²) in [5.74, 6) is 0.771. The first-order chi connectivity index (χ1) is 13.7. The Morgan fingerprint density at radius 3 is 2.64 bits per heavy atom. The standard InChI is InChI=1S/C22H33N3O3/c1-28-15-5-8-18-9-12-24(13-10-18)21(26)16-20-22(27)23-11-14-25(20)17-19-6-3-2-4-7-19/h2-4,6-7,18,20H,5,8-17H2,1H3,(H,23,27). The predicted octanol–water partition coefficient (Wildman–Crippen LogP) is 2.04. The Labute approximate surface area is 168 Å². The average Bonchev–Trinajstić information content (AvgIpc) is 2.72. The second-order valence-corrected chi connectivity index (χ2v) is 7.93. The number of piperidine rings is 1. The fraction of sp³-hybridized carbons (Fsp3) is 0.636. The maximum Gasteiger partial charge on any atom is 0.237 e. The van der Waals surface area contributed by atoms with E-state index < -0.39 is 0 Å². The molecule has 2 amide bonds. The lowest BCUT2D eigenvalue weighted by Crippen LogP contribution is -2.56. The van der Waals surface area contributed by atoms with E-state index in [1.54, 1.807) is 7.11 Å². The summed E-state index contributed by atoms with van der Waals surface area (Å²) in [6, 6.07) is 9.78. The Balaban J connectivity index is 1.51. The molecule has 6 heteroatoms. The lowest BCUT2D eigenvalue weighted by atomic mass is 9.92. The van der Waals surface area contributed by atoms with Gasteiger partial charge in [-0.15, -0.1) is 0 Å². The van der Waals surface area contributed by atoms with Gasteiger partial charge in [0.05, 0.1) is 12.5 Å². The quantitative estimate of drug-likeness (QED) is 0.694. The molecule has 1 unspecified atom stereocenters. The van der Waals surface area contributed by atoms with Gasteiger partial charge in [-0.25, -0.2) is 0 Å². The van der Waals surface area contributed by atoms with Gasteiger partial charge in [0.2, 0.25) is 11.8 Å². The van der Waals surface area contributed by atoms with Crippen LogP contribution in [0.25, 0.3) is 0 Å². The van der Waals surface area contributed by atoms with Crippen molar-refractivity contribution in [2.24, 2.45) is 5.92 Å². The maximum absolute atomic E-state index is 12.9. The molecule has 154 valence electrons. The number of nitrogens with zero attached hydrogens (tertiary/aromatic N) is 2. The van der Waals surface area contributed by atoms with Gasteiger partial charge in [-0.3, -0.25) is 14.5 Å². The summed E-state index contributed by atoms with van der Waals surface area (Å²) < 4.78 is 5.13. The molecule has 2 fully saturated rings. The van der Waals surface area contributed by atoms with Gasteiger partial charge >= 0.3 is 0 Å². The van der Waals surface area contributed by atoms with Crippen LogP contribution in [0.5, 0.6) is 0 Å². The zero-order valence-corrected chi connectivity index (χ0v) is 16.9. The maximum atomic E-state index is 12.9. The van der Waals surface area contributed by atoms with Gasteiger partial charge in [0.15, 0.2) is 0 Å². The molecular formula is C22H33N3O3. The third-order valence-electron chi connectivity index (χ3n) is 5.97. The molecule has 0 saturated carbocycles. The van der Waals surface area contributed by atoms with Crippen LogP contribution in [-0.2, 0) is 20.9 Å². The van der Waals surface area contributed by atoms with E-state index in [4.69, 9.17) is 4.74 Å². The number of ether oxygens (including phenoxy) is 1. The van der Waals surface area contributed by atoms with E-state index in [2.05, 4.69) is 22.3 Å². The summed E-state index contributed by atoms with van der Waals surface area (Å²) in [7, 11) is 1.74. The highest BCUT2D eigenvalue weighted by Crippen LogP contribution is 2.23. The molecule has 1 atom stereocenters. The first kappa shape index (κ1) is 20.8. The van der Waals surface area contributed by atoms with Crippen molar-refractivity contribution in [3.63, 3.8) is 0 Å². The van der Waals surface area contributed by atoms with E-state index in [0.717, 1.165) is 45.5 Å². The second-order valence-electron chi connectivity index (χ2n) is 7.93. The molecule has 6 nitrogen and oxygen atoms in total. The number of likely N-dealkylation sites (tertiary alicyclic amines) is 1. The number of carbonyl (C=O) groups is 2. The number of hydrogen-bond acceptors (Lipinski definition) is 4. The molecule has 28 heavy (non-hydrogen) atoms. The van der Waals surface area contributed by atoms with E-state index in [0.29, 0.717) is 19.0 Å². The molecular weight excluding hydrogens is 354 g/mol. The topological polar surface area (TPSA) is 61.9 Å². The first-order valence-electron chi connectivity index (χ1n) is 10.5. The summed E-state index contributed by atoms with van der Waals surface area (Å²) >= 11 is 0. The highest BCUT2D eigenvalue weighted by atomic mass is 16.5. The SMILES string of the molecule is COCCCC1CCN(C(=O)CC2C(=O)NCCN2Cc2ccccc2)CC1. The molecule has 1 aromatic rings. The minimum absolute atomic E-state index is 0.0232. The fourth-order valence-corrected chi connectivity index (χ4v) is 4.27. The van der Waals surface area contributed by atoms with Gasteiger partial charge in [0.25, 0.3) is 0 Å². The normalized spacial score (nSPS) is 21.5. The fourth-order valence-electron chi connectivity index (χ4n) is 4.27. The Hall–Kier alpha value is -1.92. The smallest absolute Gasteiger partial charge is 0.237 e. The van der Waals surface area contributed by atoms with Crippen LogP contribution >= 0.6 is 0 Å². The number of hydrogen-bond donors (Lipinski definition) is 1. The van der Waals surface area contributed by atoms with Crippen LogP contribution in [0.2, 0.25) is 0 Å². The van der Waals surface area contributed by atoms with Crippen molar-refractivity contribution in [1.82, 2.24) is 15.1 Å².